The number of halogens is 1. The first-order valence-electron chi connectivity index (χ1n) is 9.99. The van der Waals surface area contributed by atoms with Gasteiger partial charge in [-0.15, -0.1) is 24.0 Å². The number of hydrogen-bond donors (Lipinski definition) is 2. The predicted octanol–water partition coefficient (Wildman–Crippen LogP) is 3.28. The minimum atomic E-state index is 0. The van der Waals surface area contributed by atoms with Gasteiger partial charge in [0, 0.05) is 32.2 Å². The lowest BCUT2D eigenvalue weighted by Crippen LogP contribution is -2.44. The molecule has 0 saturated heterocycles. The normalized spacial score (nSPS) is 15.5. The fourth-order valence-electron chi connectivity index (χ4n) is 3.14. The average Bonchev–Trinajstić information content (AvgIpc) is 2.66. The zero-order chi connectivity index (χ0) is 19.8. The molecule has 1 aromatic carbocycles. The largest absolute Gasteiger partial charge is 0.493 e. The van der Waals surface area contributed by atoms with Gasteiger partial charge in [0.2, 0.25) is 0 Å². The second kappa shape index (κ2) is 12.4. The van der Waals surface area contributed by atoms with Crippen LogP contribution in [0.4, 0.5) is 0 Å². The van der Waals surface area contributed by atoms with Crippen molar-refractivity contribution in [3.8, 4) is 11.5 Å². The van der Waals surface area contributed by atoms with Gasteiger partial charge in [0.05, 0.1) is 20.8 Å². The van der Waals surface area contributed by atoms with E-state index in [2.05, 4.69) is 55.4 Å². The van der Waals surface area contributed by atoms with Crippen LogP contribution in [-0.2, 0) is 13.0 Å². The Labute approximate surface area is 187 Å². The summed E-state index contributed by atoms with van der Waals surface area (Å²) in [5.74, 6) is 3.09. The van der Waals surface area contributed by atoms with Gasteiger partial charge in [0.1, 0.15) is 0 Å². The molecular weight excluding hydrogens is 467 g/mol. The van der Waals surface area contributed by atoms with E-state index in [0.717, 1.165) is 56.6 Å². The van der Waals surface area contributed by atoms with E-state index in [9.17, 15) is 0 Å². The monoisotopic (exact) mass is 504 g/mol. The van der Waals surface area contributed by atoms with Gasteiger partial charge in [-0.05, 0) is 49.4 Å². The van der Waals surface area contributed by atoms with Crippen molar-refractivity contribution >= 4 is 29.9 Å². The number of ether oxygens (including phenoxy) is 2. The number of benzene rings is 1. The molecule has 0 aliphatic carbocycles. The summed E-state index contributed by atoms with van der Waals surface area (Å²) in [6.07, 6.45) is 1.03. The Morgan fingerprint density at radius 1 is 1.14 bits per heavy atom. The second-order valence-electron chi connectivity index (χ2n) is 7.44. The maximum absolute atomic E-state index is 5.45. The fourth-order valence-corrected chi connectivity index (χ4v) is 3.14. The van der Waals surface area contributed by atoms with Crippen LogP contribution in [0.1, 0.15) is 38.8 Å². The molecule has 0 spiro atoms. The summed E-state index contributed by atoms with van der Waals surface area (Å²) < 4.78 is 10.9. The standard InChI is InChI=1S/C21H36N4O2.HI/c1-7-22-21(24-16(4)15(2)3)23-9-11-25-10-8-17-12-19(26-5)20(27-6)13-18(17)14-25;/h12-13,15-16H,7-11,14H2,1-6H3,(H2,22,23,24);1H. The number of hydrogen-bond acceptors (Lipinski definition) is 4. The lowest BCUT2D eigenvalue weighted by Gasteiger charge is -2.29. The molecule has 2 N–H and O–H groups in total. The molecule has 1 aliphatic rings. The van der Waals surface area contributed by atoms with Crippen LogP contribution in [0.5, 0.6) is 11.5 Å². The molecule has 0 saturated carbocycles. The third kappa shape index (κ3) is 6.99. The topological polar surface area (TPSA) is 58.1 Å². The third-order valence-electron chi connectivity index (χ3n) is 5.19. The first kappa shape index (κ1) is 24.8. The van der Waals surface area contributed by atoms with Gasteiger partial charge < -0.3 is 20.1 Å². The maximum atomic E-state index is 5.45. The fraction of sp³-hybridized carbons (Fsp3) is 0.667. The van der Waals surface area contributed by atoms with E-state index < -0.39 is 0 Å². The highest BCUT2D eigenvalue weighted by Crippen LogP contribution is 2.33. The highest BCUT2D eigenvalue weighted by atomic mass is 127. The van der Waals surface area contributed by atoms with Gasteiger partial charge in [0.25, 0.3) is 0 Å². The molecule has 28 heavy (non-hydrogen) atoms. The van der Waals surface area contributed by atoms with Crippen LogP contribution in [0.25, 0.3) is 0 Å². The van der Waals surface area contributed by atoms with E-state index in [-0.39, 0.29) is 24.0 Å². The molecule has 7 heteroatoms. The molecule has 6 nitrogen and oxygen atoms in total. The van der Waals surface area contributed by atoms with E-state index >= 15 is 0 Å². The van der Waals surface area contributed by atoms with Crippen molar-refractivity contribution in [3.63, 3.8) is 0 Å². The smallest absolute Gasteiger partial charge is 0.191 e. The Kier molecular flexibility index (Phi) is 11.0. The van der Waals surface area contributed by atoms with Gasteiger partial charge in [0.15, 0.2) is 17.5 Å². The van der Waals surface area contributed by atoms with Crippen LogP contribution in [0.3, 0.4) is 0 Å². The maximum Gasteiger partial charge on any atom is 0.191 e. The van der Waals surface area contributed by atoms with Crippen LogP contribution in [0.15, 0.2) is 17.1 Å². The van der Waals surface area contributed by atoms with Crippen LogP contribution >= 0.6 is 24.0 Å². The molecule has 0 bridgehead atoms. The second-order valence-corrected chi connectivity index (χ2v) is 7.44. The molecule has 1 heterocycles. The summed E-state index contributed by atoms with van der Waals surface area (Å²) in [7, 11) is 3.38. The lowest BCUT2D eigenvalue weighted by molar-refractivity contribution is 0.259. The molecular formula is C21H37IN4O2. The average molecular weight is 504 g/mol. The summed E-state index contributed by atoms with van der Waals surface area (Å²) in [5, 5.41) is 6.83. The van der Waals surface area contributed by atoms with E-state index in [1.807, 2.05) is 0 Å². The Morgan fingerprint density at radius 2 is 1.79 bits per heavy atom. The van der Waals surface area contributed by atoms with Crippen molar-refractivity contribution in [2.75, 3.05) is 40.4 Å². The Hall–Kier alpha value is -1.22. The third-order valence-corrected chi connectivity index (χ3v) is 5.19. The van der Waals surface area contributed by atoms with Gasteiger partial charge in [-0.2, -0.15) is 0 Å². The van der Waals surface area contributed by atoms with E-state index in [0.29, 0.717) is 12.0 Å². The summed E-state index contributed by atoms with van der Waals surface area (Å²) in [6, 6.07) is 4.62. The summed E-state index contributed by atoms with van der Waals surface area (Å²) >= 11 is 0. The highest BCUT2D eigenvalue weighted by molar-refractivity contribution is 14.0. The van der Waals surface area contributed by atoms with Crippen molar-refractivity contribution in [2.24, 2.45) is 10.9 Å². The quantitative estimate of drug-likeness (QED) is 0.324. The van der Waals surface area contributed by atoms with E-state index in [4.69, 9.17) is 14.5 Å². The molecule has 1 unspecified atom stereocenters. The van der Waals surface area contributed by atoms with Gasteiger partial charge in [-0.25, -0.2) is 0 Å². The SMILES string of the molecule is CCNC(=NCCN1CCc2cc(OC)c(OC)cc2C1)NC(C)C(C)C.I. The minimum absolute atomic E-state index is 0. The number of aliphatic imine (C=N–C) groups is 1. The summed E-state index contributed by atoms with van der Waals surface area (Å²) in [5.41, 5.74) is 2.68. The van der Waals surface area contributed by atoms with Crippen LogP contribution in [0.2, 0.25) is 0 Å². The van der Waals surface area contributed by atoms with E-state index in [1.165, 1.54) is 11.1 Å². The molecule has 1 atom stereocenters. The Bertz CT molecular complexity index is 637. The van der Waals surface area contributed by atoms with Gasteiger partial charge >= 0.3 is 0 Å². The summed E-state index contributed by atoms with van der Waals surface area (Å²) in [4.78, 5) is 7.21. The lowest BCUT2D eigenvalue weighted by atomic mass is 9.99. The number of guanidine groups is 1. The van der Waals surface area contributed by atoms with Crippen LogP contribution in [-0.4, -0.2) is 57.3 Å². The number of rotatable bonds is 8. The molecule has 0 aromatic heterocycles. The Balaban J connectivity index is 0.00000392. The number of nitrogens with zero attached hydrogens (tertiary/aromatic N) is 2. The molecule has 1 aliphatic heterocycles. The molecule has 0 amide bonds. The van der Waals surface area contributed by atoms with Crippen molar-refractivity contribution in [1.29, 1.82) is 0 Å². The van der Waals surface area contributed by atoms with Crippen molar-refractivity contribution in [2.45, 2.75) is 46.7 Å². The number of fused-ring (bicyclic) bond motifs is 1. The summed E-state index contributed by atoms with van der Waals surface area (Å²) in [6.45, 7) is 13.3. The minimum Gasteiger partial charge on any atom is -0.493 e. The first-order valence-corrected chi connectivity index (χ1v) is 9.99. The van der Waals surface area contributed by atoms with E-state index in [1.54, 1.807) is 14.2 Å². The predicted molar refractivity (Wildman–Crippen MR) is 127 cm³/mol. The van der Waals surface area contributed by atoms with Crippen LogP contribution in [0, 0.1) is 5.92 Å². The highest BCUT2D eigenvalue weighted by Gasteiger charge is 2.19. The zero-order valence-corrected chi connectivity index (χ0v) is 20.5. The molecule has 160 valence electrons. The van der Waals surface area contributed by atoms with Crippen molar-refractivity contribution in [3.05, 3.63) is 23.3 Å². The number of nitrogens with one attached hydrogen (secondary N) is 2. The molecule has 1 aromatic rings. The first-order chi connectivity index (χ1) is 13.0. The molecule has 0 radical (unpaired) electrons. The molecule has 0 fully saturated rings. The van der Waals surface area contributed by atoms with Gasteiger partial charge in [-0.3, -0.25) is 9.89 Å². The zero-order valence-electron chi connectivity index (χ0n) is 18.2. The Morgan fingerprint density at radius 3 is 2.36 bits per heavy atom. The van der Waals surface area contributed by atoms with Crippen molar-refractivity contribution < 1.29 is 9.47 Å². The number of methoxy groups -OCH3 is 2. The van der Waals surface area contributed by atoms with Crippen LogP contribution < -0.4 is 20.1 Å². The van der Waals surface area contributed by atoms with Crippen molar-refractivity contribution in [1.82, 2.24) is 15.5 Å². The van der Waals surface area contributed by atoms with Gasteiger partial charge in [-0.1, -0.05) is 13.8 Å². The molecule has 2 rings (SSSR count).